The summed E-state index contributed by atoms with van der Waals surface area (Å²) < 4.78 is 16.9. The van der Waals surface area contributed by atoms with Crippen LogP contribution in [0.2, 0.25) is 0 Å². The second-order valence-electron chi connectivity index (χ2n) is 7.79. The monoisotopic (exact) mass is 467 g/mol. The van der Waals surface area contributed by atoms with Crippen LogP contribution in [0, 0.1) is 0 Å². The first-order valence-corrected chi connectivity index (χ1v) is 11.0. The Labute approximate surface area is 194 Å². The highest BCUT2D eigenvalue weighted by atomic mass is 32.1. The standard InChI is InChI=1S/C23H21N5O3S.FH/c32-23(24-12-15-5-6-18-19(11-15)30-14-29-18)28-9-7-27(8-10-28)22-21-20(25-13-26-22)16-3-1-2-4-17(16)31-21;/h1-6,11,13H,7-10,12,14H2,(H,24,32);1H. The normalized spacial score (nSPS) is 15.0. The van der Waals surface area contributed by atoms with Gasteiger partial charge in [0, 0.05) is 38.1 Å². The molecule has 0 aliphatic carbocycles. The van der Waals surface area contributed by atoms with Crippen LogP contribution in [0.3, 0.4) is 0 Å². The molecule has 33 heavy (non-hydrogen) atoms. The number of hydrogen-bond acceptors (Lipinski definition) is 7. The van der Waals surface area contributed by atoms with E-state index in [0.717, 1.165) is 76.2 Å². The third kappa shape index (κ3) is 3.86. The molecule has 4 heterocycles. The third-order valence-corrected chi connectivity index (χ3v) is 6.29. The highest BCUT2D eigenvalue weighted by molar-refractivity contribution is 7.80. The summed E-state index contributed by atoms with van der Waals surface area (Å²) in [4.78, 5) is 13.4. The third-order valence-electron chi connectivity index (χ3n) is 5.89. The van der Waals surface area contributed by atoms with Crippen LogP contribution in [-0.2, 0) is 6.54 Å². The lowest BCUT2D eigenvalue weighted by Gasteiger charge is -2.36. The first-order valence-electron chi connectivity index (χ1n) is 10.5. The summed E-state index contributed by atoms with van der Waals surface area (Å²) >= 11 is 5.64. The maximum atomic E-state index is 6.09. The molecule has 2 aliphatic rings. The van der Waals surface area contributed by atoms with Gasteiger partial charge < -0.3 is 29.0 Å². The van der Waals surface area contributed by atoms with Gasteiger partial charge in [-0.3, -0.25) is 4.70 Å². The minimum absolute atomic E-state index is 0. The second kappa shape index (κ2) is 8.70. The number of halogens is 1. The highest BCUT2D eigenvalue weighted by Gasteiger charge is 2.24. The van der Waals surface area contributed by atoms with E-state index in [2.05, 4.69) is 25.1 Å². The fourth-order valence-corrected chi connectivity index (χ4v) is 4.45. The van der Waals surface area contributed by atoms with Gasteiger partial charge in [0.15, 0.2) is 28.0 Å². The molecule has 6 rings (SSSR count). The van der Waals surface area contributed by atoms with Crippen molar-refractivity contribution < 1.29 is 18.6 Å². The van der Waals surface area contributed by atoms with Crippen LogP contribution in [0.4, 0.5) is 10.5 Å². The fourth-order valence-electron chi connectivity index (χ4n) is 4.20. The molecule has 170 valence electrons. The lowest BCUT2D eigenvalue weighted by atomic mass is 10.2. The molecule has 4 aromatic rings. The Morgan fingerprint density at radius 1 is 1.00 bits per heavy atom. The quantitative estimate of drug-likeness (QED) is 0.456. The highest BCUT2D eigenvalue weighted by Crippen LogP contribution is 2.33. The molecule has 0 unspecified atom stereocenters. The zero-order valence-electron chi connectivity index (χ0n) is 17.7. The maximum absolute atomic E-state index is 6.09. The first kappa shape index (κ1) is 21.2. The molecule has 0 atom stereocenters. The number of fused-ring (bicyclic) bond motifs is 4. The van der Waals surface area contributed by atoms with Gasteiger partial charge in [0.2, 0.25) is 6.79 Å². The van der Waals surface area contributed by atoms with Crippen molar-refractivity contribution in [2.24, 2.45) is 0 Å². The van der Waals surface area contributed by atoms with Crippen molar-refractivity contribution in [1.82, 2.24) is 20.2 Å². The van der Waals surface area contributed by atoms with E-state index in [1.54, 1.807) is 6.33 Å². The summed E-state index contributed by atoms with van der Waals surface area (Å²) in [7, 11) is 0. The molecular weight excluding hydrogens is 445 g/mol. The molecule has 10 heteroatoms. The zero-order valence-corrected chi connectivity index (χ0v) is 18.5. The molecule has 1 N–H and O–H groups in total. The second-order valence-corrected chi connectivity index (χ2v) is 8.18. The van der Waals surface area contributed by atoms with Gasteiger partial charge in [-0.15, -0.1) is 0 Å². The predicted octanol–water partition coefficient (Wildman–Crippen LogP) is 3.45. The van der Waals surface area contributed by atoms with Crippen molar-refractivity contribution in [2.45, 2.75) is 6.54 Å². The molecule has 8 nitrogen and oxygen atoms in total. The molecule has 0 spiro atoms. The summed E-state index contributed by atoms with van der Waals surface area (Å²) in [5.74, 6) is 2.41. The molecule has 0 bridgehead atoms. The van der Waals surface area contributed by atoms with E-state index in [1.807, 2.05) is 42.5 Å². The Bertz CT molecular complexity index is 1320. The van der Waals surface area contributed by atoms with Crippen LogP contribution < -0.4 is 19.7 Å². The van der Waals surface area contributed by atoms with Gasteiger partial charge in [-0.1, -0.05) is 18.2 Å². The van der Waals surface area contributed by atoms with Crippen molar-refractivity contribution in [3.8, 4) is 11.5 Å². The van der Waals surface area contributed by atoms with Crippen LogP contribution >= 0.6 is 12.2 Å². The minimum Gasteiger partial charge on any atom is -0.454 e. The molecule has 0 amide bonds. The van der Waals surface area contributed by atoms with E-state index in [0.29, 0.717) is 6.54 Å². The number of piperazine rings is 1. The number of furan rings is 1. The van der Waals surface area contributed by atoms with Gasteiger partial charge in [-0.05, 0) is 42.0 Å². The van der Waals surface area contributed by atoms with Gasteiger partial charge in [0.25, 0.3) is 0 Å². The number of para-hydroxylation sites is 1. The van der Waals surface area contributed by atoms with E-state index >= 15 is 0 Å². The summed E-state index contributed by atoms with van der Waals surface area (Å²) in [5.41, 5.74) is 3.53. The van der Waals surface area contributed by atoms with Gasteiger partial charge in [0.05, 0.1) is 0 Å². The number of anilines is 1. The van der Waals surface area contributed by atoms with Crippen molar-refractivity contribution in [3.05, 3.63) is 54.4 Å². The molecule has 2 aromatic heterocycles. The van der Waals surface area contributed by atoms with Crippen molar-refractivity contribution in [1.29, 1.82) is 0 Å². The van der Waals surface area contributed by atoms with Gasteiger partial charge in [0.1, 0.15) is 17.4 Å². The Hall–Kier alpha value is -3.66. The van der Waals surface area contributed by atoms with Crippen LogP contribution in [0.1, 0.15) is 5.56 Å². The van der Waals surface area contributed by atoms with Crippen LogP contribution in [0.25, 0.3) is 22.1 Å². The Morgan fingerprint density at radius 3 is 2.70 bits per heavy atom. The number of aromatic nitrogens is 2. The molecule has 2 aromatic carbocycles. The van der Waals surface area contributed by atoms with E-state index in [9.17, 15) is 0 Å². The lowest BCUT2D eigenvalue weighted by molar-refractivity contribution is 0.174. The summed E-state index contributed by atoms with van der Waals surface area (Å²) in [6.45, 7) is 4.13. The van der Waals surface area contributed by atoms with Crippen LogP contribution in [-0.4, -0.2) is 53.0 Å². The van der Waals surface area contributed by atoms with Crippen molar-refractivity contribution in [2.75, 3.05) is 37.9 Å². The Morgan fingerprint density at radius 2 is 1.82 bits per heavy atom. The van der Waals surface area contributed by atoms with E-state index in [4.69, 9.17) is 26.1 Å². The van der Waals surface area contributed by atoms with Crippen LogP contribution in [0.15, 0.2) is 53.2 Å². The number of ether oxygens (including phenoxy) is 2. The van der Waals surface area contributed by atoms with E-state index < -0.39 is 0 Å². The molecular formula is C23H22FN5O3S. The predicted molar refractivity (Wildman–Crippen MR) is 128 cm³/mol. The minimum atomic E-state index is 0. The largest absolute Gasteiger partial charge is 0.454 e. The smallest absolute Gasteiger partial charge is 0.231 e. The zero-order chi connectivity index (χ0) is 21.5. The average Bonchev–Trinajstić information content (AvgIpc) is 3.46. The van der Waals surface area contributed by atoms with E-state index in [-0.39, 0.29) is 11.5 Å². The first-order chi connectivity index (χ1) is 15.8. The molecule has 2 aliphatic heterocycles. The fraction of sp³-hybridized carbons (Fsp3) is 0.261. The molecule has 1 saturated heterocycles. The summed E-state index contributed by atoms with van der Waals surface area (Å²) in [6.07, 6.45) is 1.61. The summed E-state index contributed by atoms with van der Waals surface area (Å²) in [6, 6.07) is 13.9. The Balaban J connectivity index is 0.00000228. The SMILES string of the molecule is F.S=C(NCc1ccc2c(c1)OCO2)N1CCN(c2ncnc3c2oc2ccccc23)CC1. The number of nitrogens with one attached hydrogen (secondary N) is 1. The maximum Gasteiger partial charge on any atom is 0.231 e. The van der Waals surface area contributed by atoms with Crippen molar-refractivity contribution in [3.63, 3.8) is 0 Å². The van der Waals surface area contributed by atoms with Gasteiger partial charge in [-0.2, -0.15) is 0 Å². The number of benzene rings is 2. The molecule has 0 saturated carbocycles. The number of thiocarbonyl (C=S) groups is 1. The lowest BCUT2D eigenvalue weighted by Crippen LogP contribution is -2.51. The number of nitrogens with zero attached hydrogens (tertiary/aromatic N) is 4. The molecule has 1 fully saturated rings. The topological polar surface area (TPSA) is 75.9 Å². The van der Waals surface area contributed by atoms with Crippen LogP contribution in [0.5, 0.6) is 11.5 Å². The average molecular weight is 468 g/mol. The summed E-state index contributed by atoms with van der Waals surface area (Å²) in [5, 5.41) is 5.12. The number of rotatable bonds is 3. The van der Waals surface area contributed by atoms with Crippen molar-refractivity contribution >= 4 is 45.2 Å². The Kier molecular flexibility index (Phi) is 5.59. The van der Waals surface area contributed by atoms with Gasteiger partial charge in [-0.25, -0.2) is 9.97 Å². The van der Waals surface area contributed by atoms with E-state index in [1.165, 1.54) is 0 Å². The molecule has 0 radical (unpaired) electrons. The van der Waals surface area contributed by atoms with Gasteiger partial charge >= 0.3 is 0 Å². The number of hydrogen-bond donors (Lipinski definition) is 1.